The predicted octanol–water partition coefficient (Wildman–Crippen LogP) is 3.63. The second-order valence-corrected chi connectivity index (χ2v) is 7.75. The molecule has 0 aromatic carbocycles. The molecule has 0 spiro atoms. The van der Waals surface area contributed by atoms with Crippen molar-refractivity contribution < 1.29 is 8.42 Å². The lowest BCUT2D eigenvalue weighted by molar-refractivity contribution is 0.263. The van der Waals surface area contributed by atoms with Gasteiger partial charge in [-0.15, -0.1) is 0 Å². The number of hydrogen-bond acceptors (Lipinski definition) is 3. The van der Waals surface area contributed by atoms with Crippen molar-refractivity contribution in [3.8, 4) is 0 Å². The predicted molar refractivity (Wildman–Crippen MR) is 79.7 cm³/mol. The van der Waals surface area contributed by atoms with Gasteiger partial charge < -0.3 is 4.90 Å². The minimum absolute atomic E-state index is 0.0899. The Morgan fingerprint density at radius 3 is 1.67 bits per heavy atom. The van der Waals surface area contributed by atoms with E-state index in [1.54, 1.807) is 0 Å². The third-order valence-corrected chi connectivity index (χ3v) is 4.26. The molecule has 0 N–H and O–H groups in total. The SMILES string of the molecule is CCCCCN(CCCCC)CCCS(=O)(=O)Cl. The van der Waals surface area contributed by atoms with Crippen molar-refractivity contribution in [3.05, 3.63) is 0 Å². The van der Waals surface area contributed by atoms with Gasteiger partial charge in [0.05, 0.1) is 5.75 Å². The molecule has 0 fully saturated rings. The zero-order valence-electron chi connectivity index (χ0n) is 11.8. The van der Waals surface area contributed by atoms with Crippen LogP contribution in [0.3, 0.4) is 0 Å². The van der Waals surface area contributed by atoms with Crippen molar-refractivity contribution in [1.29, 1.82) is 0 Å². The van der Waals surface area contributed by atoms with Crippen molar-refractivity contribution in [2.75, 3.05) is 25.4 Å². The zero-order valence-corrected chi connectivity index (χ0v) is 13.4. The third kappa shape index (κ3) is 12.7. The van der Waals surface area contributed by atoms with E-state index in [1.165, 1.54) is 38.5 Å². The maximum Gasteiger partial charge on any atom is 0.232 e. The van der Waals surface area contributed by atoms with Gasteiger partial charge in [-0.25, -0.2) is 8.42 Å². The van der Waals surface area contributed by atoms with Crippen molar-refractivity contribution in [2.24, 2.45) is 0 Å². The molecule has 0 amide bonds. The quantitative estimate of drug-likeness (QED) is 0.408. The summed E-state index contributed by atoms with van der Waals surface area (Å²) in [7, 11) is 1.90. The molecule has 0 aliphatic heterocycles. The van der Waals surface area contributed by atoms with E-state index in [1.807, 2.05) is 0 Å². The number of hydrogen-bond donors (Lipinski definition) is 0. The Morgan fingerprint density at radius 1 is 0.833 bits per heavy atom. The summed E-state index contributed by atoms with van der Waals surface area (Å²) in [6.45, 7) is 7.40. The maximum atomic E-state index is 10.9. The summed E-state index contributed by atoms with van der Waals surface area (Å²) in [5, 5.41) is 0. The lowest BCUT2D eigenvalue weighted by atomic mass is 10.2. The van der Waals surface area contributed by atoms with Gasteiger partial charge in [-0.2, -0.15) is 0 Å². The minimum atomic E-state index is -3.32. The number of unbranched alkanes of at least 4 members (excludes halogenated alkanes) is 4. The number of nitrogens with zero attached hydrogens (tertiary/aromatic N) is 1. The molecule has 0 unspecified atom stereocenters. The third-order valence-electron chi connectivity index (χ3n) is 3.02. The van der Waals surface area contributed by atoms with Crippen LogP contribution in [0.2, 0.25) is 0 Å². The van der Waals surface area contributed by atoms with Crippen LogP contribution in [-0.4, -0.2) is 38.7 Å². The van der Waals surface area contributed by atoms with Crippen molar-refractivity contribution in [3.63, 3.8) is 0 Å². The first kappa shape index (κ1) is 18.2. The fourth-order valence-electron chi connectivity index (χ4n) is 1.97. The average molecular weight is 298 g/mol. The van der Waals surface area contributed by atoms with Crippen LogP contribution < -0.4 is 0 Å². The highest BCUT2D eigenvalue weighted by Gasteiger charge is 2.08. The van der Waals surface area contributed by atoms with Gasteiger partial charge >= 0.3 is 0 Å². The van der Waals surface area contributed by atoms with Gasteiger partial charge in [0.2, 0.25) is 9.05 Å². The molecular formula is C13H28ClNO2S. The minimum Gasteiger partial charge on any atom is -0.303 e. The molecule has 0 radical (unpaired) electrons. The first-order valence-corrected chi connectivity index (χ1v) is 9.62. The molecule has 0 heterocycles. The van der Waals surface area contributed by atoms with Crippen molar-refractivity contribution >= 4 is 19.7 Å². The lowest BCUT2D eigenvalue weighted by Gasteiger charge is -2.21. The van der Waals surface area contributed by atoms with E-state index in [4.69, 9.17) is 10.7 Å². The molecular weight excluding hydrogens is 270 g/mol. The van der Waals surface area contributed by atoms with E-state index in [0.29, 0.717) is 6.42 Å². The first-order valence-electron chi connectivity index (χ1n) is 7.14. The Morgan fingerprint density at radius 2 is 1.28 bits per heavy atom. The Kier molecular flexibility index (Phi) is 11.2. The largest absolute Gasteiger partial charge is 0.303 e. The van der Waals surface area contributed by atoms with E-state index in [9.17, 15) is 8.42 Å². The van der Waals surface area contributed by atoms with E-state index in [-0.39, 0.29) is 5.75 Å². The maximum absolute atomic E-state index is 10.9. The summed E-state index contributed by atoms with van der Waals surface area (Å²) in [4.78, 5) is 2.38. The van der Waals surface area contributed by atoms with Gasteiger partial charge in [-0.1, -0.05) is 39.5 Å². The Hall–Kier alpha value is 0.200. The van der Waals surface area contributed by atoms with Gasteiger partial charge in [0.15, 0.2) is 0 Å². The molecule has 0 rings (SSSR count). The normalized spacial score (nSPS) is 12.2. The average Bonchev–Trinajstić information content (AvgIpc) is 2.27. The smallest absolute Gasteiger partial charge is 0.232 e. The number of halogens is 1. The summed E-state index contributed by atoms with van der Waals surface area (Å²) in [5.41, 5.74) is 0. The molecule has 5 heteroatoms. The molecule has 3 nitrogen and oxygen atoms in total. The van der Waals surface area contributed by atoms with Crippen molar-refractivity contribution in [2.45, 2.75) is 58.8 Å². The van der Waals surface area contributed by atoms with E-state index >= 15 is 0 Å². The molecule has 0 aliphatic carbocycles. The summed E-state index contributed by atoms with van der Waals surface area (Å²) >= 11 is 0. The van der Waals surface area contributed by atoms with Crippen LogP contribution in [0.5, 0.6) is 0 Å². The highest BCUT2D eigenvalue weighted by Crippen LogP contribution is 2.05. The van der Waals surface area contributed by atoms with Crippen LogP contribution in [-0.2, 0) is 9.05 Å². The fraction of sp³-hybridized carbons (Fsp3) is 1.00. The molecule has 0 aromatic heterocycles. The molecule has 0 bridgehead atoms. The standard InChI is InChI=1S/C13H28ClNO2S/c1-3-5-7-10-15(11-8-6-4-2)12-9-13-18(14,16)17/h3-13H2,1-2H3. The van der Waals surface area contributed by atoms with E-state index in [2.05, 4.69) is 18.7 Å². The first-order chi connectivity index (χ1) is 8.49. The van der Waals surface area contributed by atoms with Crippen LogP contribution in [0.15, 0.2) is 0 Å². The molecule has 18 heavy (non-hydrogen) atoms. The second-order valence-electron chi connectivity index (χ2n) is 4.85. The monoisotopic (exact) mass is 297 g/mol. The van der Waals surface area contributed by atoms with Crippen LogP contribution in [0.1, 0.15) is 58.8 Å². The highest BCUT2D eigenvalue weighted by atomic mass is 35.7. The second kappa shape index (κ2) is 11.1. The fourth-order valence-corrected chi connectivity index (χ4v) is 2.77. The molecule has 0 aromatic rings. The van der Waals surface area contributed by atoms with Crippen LogP contribution in [0.25, 0.3) is 0 Å². The topological polar surface area (TPSA) is 37.4 Å². The Labute approximate surface area is 117 Å². The number of rotatable bonds is 12. The van der Waals surface area contributed by atoms with Gasteiger partial charge in [0.1, 0.15) is 0 Å². The zero-order chi connectivity index (χ0) is 13.9. The van der Waals surface area contributed by atoms with Crippen LogP contribution in [0.4, 0.5) is 0 Å². The molecule has 0 saturated heterocycles. The molecule has 0 saturated carbocycles. The van der Waals surface area contributed by atoms with E-state index < -0.39 is 9.05 Å². The van der Waals surface area contributed by atoms with Gasteiger partial charge in [0.25, 0.3) is 0 Å². The van der Waals surface area contributed by atoms with Crippen LogP contribution in [0, 0.1) is 0 Å². The van der Waals surface area contributed by atoms with Gasteiger partial charge in [-0.3, -0.25) is 0 Å². The highest BCUT2D eigenvalue weighted by molar-refractivity contribution is 8.13. The Balaban J connectivity index is 3.87. The van der Waals surface area contributed by atoms with Gasteiger partial charge in [-0.05, 0) is 38.9 Å². The van der Waals surface area contributed by atoms with Gasteiger partial charge in [0, 0.05) is 10.7 Å². The molecule has 0 atom stereocenters. The van der Waals surface area contributed by atoms with Crippen LogP contribution >= 0.6 is 10.7 Å². The molecule has 0 aliphatic rings. The van der Waals surface area contributed by atoms with E-state index in [0.717, 1.165) is 19.6 Å². The summed E-state index contributed by atoms with van der Waals surface area (Å²) < 4.78 is 21.8. The Bertz CT molecular complexity index is 271. The lowest BCUT2D eigenvalue weighted by Crippen LogP contribution is -2.28. The summed E-state index contributed by atoms with van der Waals surface area (Å²) in [6.07, 6.45) is 7.99. The summed E-state index contributed by atoms with van der Waals surface area (Å²) in [6, 6.07) is 0. The molecule has 110 valence electrons. The van der Waals surface area contributed by atoms with Crippen molar-refractivity contribution in [1.82, 2.24) is 4.90 Å². The summed E-state index contributed by atoms with van der Waals surface area (Å²) in [5.74, 6) is 0.0899.